The minimum absolute atomic E-state index is 0.117. The van der Waals surface area contributed by atoms with Gasteiger partial charge in [0.1, 0.15) is 5.75 Å². The van der Waals surface area contributed by atoms with Gasteiger partial charge in [0.2, 0.25) is 0 Å². The first-order valence-electron chi connectivity index (χ1n) is 9.39. The van der Waals surface area contributed by atoms with Crippen molar-refractivity contribution in [1.82, 2.24) is 9.55 Å². The van der Waals surface area contributed by atoms with Crippen LogP contribution >= 0.6 is 0 Å². The van der Waals surface area contributed by atoms with Crippen LogP contribution in [0, 0.1) is 0 Å². The van der Waals surface area contributed by atoms with Gasteiger partial charge in [-0.15, -0.1) is 0 Å². The zero-order valence-corrected chi connectivity index (χ0v) is 15.2. The van der Waals surface area contributed by atoms with E-state index in [9.17, 15) is 4.79 Å². The fourth-order valence-corrected chi connectivity index (χ4v) is 3.37. The van der Waals surface area contributed by atoms with Gasteiger partial charge in [-0.2, -0.15) is 0 Å². The van der Waals surface area contributed by atoms with Crippen LogP contribution in [0.1, 0.15) is 41.6 Å². The molecule has 1 fully saturated rings. The van der Waals surface area contributed by atoms with Gasteiger partial charge in [0, 0.05) is 30.2 Å². The number of hydrogen-bond donors (Lipinski definition) is 1. The van der Waals surface area contributed by atoms with Gasteiger partial charge in [-0.05, 0) is 67.6 Å². The predicted molar refractivity (Wildman–Crippen MR) is 105 cm³/mol. The molecule has 27 heavy (non-hydrogen) atoms. The normalized spacial score (nSPS) is 14.2. The molecule has 5 nitrogen and oxygen atoms in total. The molecular formula is C22H23N3O2. The predicted octanol–water partition coefficient (Wildman–Crippen LogP) is 4.51. The molecule has 1 amide bonds. The highest BCUT2D eigenvalue weighted by Gasteiger charge is 2.16. The SMILES string of the molecule is O=C(Nc1ccc(OC2CCCC2)cc1)c1ccc(Cn2ccnc2)cc1. The molecule has 1 aliphatic carbocycles. The zero-order valence-electron chi connectivity index (χ0n) is 15.2. The maximum Gasteiger partial charge on any atom is 0.255 e. The summed E-state index contributed by atoms with van der Waals surface area (Å²) < 4.78 is 7.95. The second-order valence-electron chi connectivity index (χ2n) is 6.93. The van der Waals surface area contributed by atoms with Crippen LogP contribution in [-0.4, -0.2) is 21.6 Å². The molecule has 4 rings (SSSR count). The van der Waals surface area contributed by atoms with E-state index in [1.54, 1.807) is 12.5 Å². The van der Waals surface area contributed by atoms with Crippen LogP contribution in [0.2, 0.25) is 0 Å². The molecule has 1 aromatic heterocycles. The number of ether oxygens (including phenoxy) is 1. The number of nitrogens with zero attached hydrogens (tertiary/aromatic N) is 2. The standard InChI is InChI=1S/C22H23N3O2/c26-22(18-7-5-17(6-8-18)15-25-14-13-23-16-25)24-19-9-11-21(12-10-19)27-20-3-1-2-4-20/h5-14,16,20H,1-4,15H2,(H,24,26). The van der Waals surface area contributed by atoms with Gasteiger partial charge in [-0.25, -0.2) is 4.98 Å². The van der Waals surface area contributed by atoms with Gasteiger partial charge in [0.15, 0.2) is 0 Å². The molecule has 0 bridgehead atoms. The summed E-state index contributed by atoms with van der Waals surface area (Å²) in [7, 11) is 0. The number of amides is 1. The van der Waals surface area contributed by atoms with Gasteiger partial charge in [0.25, 0.3) is 5.91 Å². The molecule has 3 aromatic rings. The Morgan fingerprint density at radius 3 is 2.48 bits per heavy atom. The van der Waals surface area contributed by atoms with E-state index in [2.05, 4.69) is 10.3 Å². The van der Waals surface area contributed by atoms with Crippen LogP contribution in [-0.2, 0) is 6.54 Å². The van der Waals surface area contributed by atoms with E-state index in [0.29, 0.717) is 11.7 Å². The summed E-state index contributed by atoms with van der Waals surface area (Å²) in [6.07, 6.45) is 10.6. The number of hydrogen-bond acceptors (Lipinski definition) is 3. The molecule has 2 aromatic carbocycles. The summed E-state index contributed by atoms with van der Waals surface area (Å²) in [5.41, 5.74) is 2.52. The number of benzene rings is 2. The monoisotopic (exact) mass is 361 g/mol. The second kappa shape index (κ2) is 8.08. The zero-order chi connectivity index (χ0) is 18.5. The molecule has 0 aliphatic heterocycles. The quantitative estimate of drug-likeness (QED) is 0.703. The molecule has 1 heterocycles. The average molecular weight is 361 g/mol. The van der Waals surface area contributed by atoms with Crippen LogP contribution < -0.4 is 10.1 Å². The minimum Gasteiger partial charge on any atom is -0.490 e. The van der Waals surface area contributed by atoms with E-state index < -0.39 is 0 Å². The molecule has 1 aliphatic rings. The highest BCUT2D eigenvalue weighted by Crippen LogP contribution is 2.25. The van der Waals surface area contributed by atoms with Crippen molar-refractivity contribution < 1.29 is 9.53 Å². The summed E-state index contributed by atoms with van der Waals surface area (Å²) in [5.74, 6) is 0.748. The smallest absolute Gasteiger partial charge is 0.255 e. The number of carbonyl (C=O) groups is 1. The summed E-state index contributed by atoms with van der Waals surface area (Å²) in [4.78, 5) is 16.5. The Bertz CT molecular complexity index is 865. The van der Waals surface area contributed by atoms with Crippen LogP contribution in [0.4, 0.5) is 5.69 Å². The molecule has 5 heteroatoms. The van der Waals surface area contributed by atoms with Gasteiger partial charge in [0.05, 0.1) is 12.4 Å². The van der Waals surface area contributed by atoms with E-state index >= 15 is 0 Å². The molecule has 0 unspecified atom stereocenters. The van der Waals surface area contributed by atoms with Crippen molar-refractivity contribution >= 4 is 11.6 Å². The van der Waals surface area contributed by atoms with E-state index in [-0.39, 0.29) is 5.91 Å². The Morgan fingerprint density at radius 1 is 1.07 bits per heavy atom. The van der Waals surface area contributed by atoms with Crippen LogP contribution in [0.15, 0.2) is 67.3 Å². The number of aromatic nitrogens is 2. The Balaban J connectivity index is 1.34. The van der Waals surface area contributed by atoms with Crippen molar-refractivity contribution in [2.75, 3.05) is 5.32 Å². The van der Waals surface area contributed by atoms with Crippen molar-refractivity contribution in [3.05, 3.63) is 78.4 Å². The number of carbonyl (C=O) groups excluding carboxylic acids is 1. The lowest BCUT2D eigenvalue weighted by Crippen LogP contribution is -2.13. The third-order valence-corrected chi connectivity index (χ3v) is 4.86. The molecular weight excluding hydrogens is 338 g/mol. The van der Waals surface area contributed by atoms with Crippen molar-refractivity contribution in [3.8, 4) is 5.75 Å². The molecule has 0 spiro atoms. The first-order chi connectivity index (χ1) is 13.3. The van der Waals surface area contributed by atoms with Gasteiger partial charge in [-0.3, -0.25) is 4.79 Å². The van der Waals surface area contributed by atoms with E-state index in [1.807, 2.05) is 59.3 Å². The van der Waals surface area contributed by atoms with E-state index in [1.165, 1.54) is 12.8 Å². The minimum atomic E-state index is -0.117. The molecule has 1 N–H and O–H groups in total. The summed E-state index contributed by atoms with van der Waals surface area (Å²) in [6, 6.07) is 15.2. The maximum atomic E-state index is 12.4. The lowest BCUT2D eigenvalue weighted by Gasteiger charge is -2.13. The molecule has 0 radical (unpaired) electrons. The lowest BCUT2D eigenvalue weighted by molar-refractivity contribution is 0.102. The van der Waals surface area contributed by atoms with Crippen molar-refractivity contribution in [1.29, 1.82) is 0 Å². The molecule has 138 valence electrons. The first-order valence-corrected chi connectivity index (χ1v) is 9.39. The Kier molecular flexibility index (Phi) is 5.19. The molecule has 0 atom stereocenters. The highest BCUT2D eigenvalue weighted by atomic mass is 16.5. The Hall–Kier alpha value is -3.08. The largest absolute Gasteiger partial charge is 0.490 e. The fraction of sp³-hybridized carbons (Fsp3) is 0.273. The molecule has 1 saturated carbocycles. The van der Waals surface area contributed by atoms with Crippen LogP contribution in [0.5, 0.6) is 5.75 Å². The van der Waals surface area contributed by atoms with E-state index in [0.717, 1.165) is 36.4 Å². The summed E-state index contributed by atoms with van der Waals surface area (Å²) >= 11 is 0. The summed E-state index contributed by atoms with van der Waals surface area (Å²) in [6.45, 7) is 0.740. The number of nitrogens with one attached hydrogen (secondary N) is 1. The van der Waals surface area contributed by atoms with Gasteiger partial charge >= 0.3 is 0 Å². The number of rotatable bonds is 6. The van der Waals surface area contributed by atoms with Crippen molar-refractivity contribution in [3.63, 3.8) is 0 Å². The van der Waals surface area contributed by atoms with Crippen LogP contribution in [0.3, 0.4) is 0 Å². The third kappa shape index (κ3) is 4.56. The van der Waals surface area contributed by atoms with E-state index in [4.69, 9.17) is 4.74 Å². The van der Waals surface area contributed by atoms with Gasteiger partial charge < -0.3 is 14.6 Å². The van der Waals surface area contributed by atoms with Crippen molar-refractivity contribution in [2.24, 2.45) is 0 Å². The highest BCUT2D eigenvalue weighted by molar-refractivity contribution is 6.04. The topological polar surface area (TPSA) is 56.1 Å². The van der Waals surface area contributed by atoms with Crippen molar-refractivity contribution in [2.45, 2.75) is 38.3 Å². The average Bonchev–Trinajstić information content (AvgIpc) is 3.38. The molecule has 0 saturated heterocycles. The van der Waals surface area contributed by atoms with Gasteiger partial charge in [-0.1, -0.05) is 12.1 Å². The second-order valence-corrected chi connectivity index (χ2v) is 6.93. The Labute approximate surface area is 159 Å². The number of anilines is 1. The van der Waals surface area contributed by atoms with Crippen LogP contribution in [0.25, 0.3) is 0 Å². The Morgan fingerprint density at radius 2 is 1.81 bits per heavy atom. The first kappa shape index (κ1) is 17.3. The number of imidazole rings is 1. The summed E-state index contributed by atoms with van der Waals surface area (Å²) in [5, 5.41) is 2.93. The lowest BCUT2D eigenvalue weighted by atomic mass is 10.1. The third-order valence-electron chi connectivity index (χ3n) is 4.86. The maximum absolute atomic E-state index is 12.4. The fourth-order valence-electron chi connectivity index (χ4n) is 3.37.